The second-order valence-electron chi connectivity index (χ2n) is 24.3. The molecule has 0 fully saturated rings. The van der Waals surface area contributed by atoms with Crippen LogP contribution in [-0.2, 0) is 0 Å². The highest BCUT2D eigenvalue weighted by molar-refractivity contribution is 7.03. The van der Waals surface area contributed by atoms with Crippen LogP contribution in [0.2, 0.25) is 0 Å². The third kappa shape index (κ3) is 8.98. The minimum absolute atomic E-state index is 0.00124. The third-order valence-electron chi connectivity index (χ3n) is 18.6. The van der Waals surface area contributed by atoms with E-state index in [1.165, 1.54) is 30.3 Å². The molecule has 0 aromatic heterocycles. The van der Waals surface area contributed by atoms with Crippen LogP contribution in [0.4, 0.5) is 68.2 Å². The highest BCUT2D eigenvalue weighted by Crippen LogP contribution is 2.51. The molecule has 466 valence electrons. The first kappa shape index (κ1) is 34.4. The molecule has 20 rings (SSSR count). The number of nitrogens with zero attached hydrogens (tertiary/aromatic N) is 4. The van der Waals surface area contributed by atoms with Crippen LogP contribution < -0.4 is 92.4 Å². The lowest BCUT2D eigenvalue weighted by molar-refractivity contribution is 0.456. The van der Waals surface area contributed by atoms with Crippen molar-refractivity contribution in [1.29, 1.82) is 0 Å². The van der Waals surface area contributed by atoms with Crippen LogP contribution in [-0.4, -0.2) is 20.1 Å². The lowest BCUT2D eigenvalue weighted by atomic mass is 9.30. The van der Waals surface area contributed by atoms with Gasteiger partial charge in [-0.1, -0.05) is 175 Å². The molecule has 0 saturated heterocycles. The van der Waals surface area contributed by atoms with E-state index in [9.17, 15) is 21.9 Å². The predicted octanol–water partition coefficient (Wildman–Crippen LogP) is 16.9. The summed E-state index contributed by atoms with van der Waals surface area (Å²) in [7, 11) is 0. The Hall–Kier alpha value is -12.5. The molecule has 14 aromatic carbocycles. The van der Waals surface area contributed by atoms with Crippen LogP contribution in [0, 0.1) is 20.8 Å². The predicted molar refractivity (Wildman–Crippen MR) is 406 cm³/mol. The zero-order valence-electron chi connectivity index (χ0n) is 82.1. The van der Waals surface area contributed by atoms with Crippen LogP contribution >= 0.6 is 0 Å². The Kier molecular flexibility index (Phi) is 7.75. The van der Waals surface area contributed by atoms with E-state index in [0.717, 1.165) is 20.3 Å². The summed E-state index contributed by atoms with van der Waals surface area (Å²) in [6.45, 7) is 2.86. The fourth-order valence-corrected chi connectivity index (χ4v) is 15.0. The van der Waals surface area contributed by atoms with E-state index in [4.69, 9.17) is 42.9 Å². The van der Waals surface area contributed by atoms with Crippen LogP contribution in [0.25, 0.3) is 0 Å². The topological polar surface area (TPSA) is 59.1 Å². The molecule has 6 aliphatic rings. The molecule has 0 unspecified atom stereocenters. The van der Waals surface area contributed by atoms with Gasteiger partial charge < -0.3 is 43.3 Å². The van der Waals surface area contributed by atoms with Gasteiger partial charge in [0.2, 0.25) is 0 Å². The summed E-state index contributed by atoms with van der Waals surface area (Å²) in [6, 6.07) is 9.78. The summed E-state index contributed by atoms with van der Waals surface area (Å²) < 4.78 is 310. The van der Waals surface area contributed by atoms with Crippen molar-refractivity contribution >= 4 is 138 Å². The molecule has 0 aliphatic carbocycles. The van der Waals surface area contributed by atoms with E-state index in [2.05, 4.69) is 0 Å². The molecule has 0 N–H and O–H groups in total. The number of fused-ring (bicyclic) bond motifs is 12. The van der Waals surface area contributed by atoms with Gasteiger partial charge in [0.15, 0.2) is 0 Å². The largest absolute Gasteiger partial charge is 0.458 e. The first-order valence-electron chi connectivity index (χ1n) is 46.4. The van der Waals surface area contributed by atoms with Crippen LogP contribution in [0.1, 0.15) is 57.8 Å². The molecule has 0 spiro atoms. The Morgan fingerprint density at radius 1 is 0.273 bits per heavy atom. The molecule has 12 heteroatoms. The Balaban J connectivity index is 0.881. The summed E-state index contributed by atoms with van der Waals surface area (Å²) in [5, 5.41) is 0. The number of hydrogen-bond donors (Lipinski definition) is 0. The van der Waals surface area contributed by atoms with Gasteiger partial charge in [0.05, 0.1) is 63.9 Å². The maximum absolute atomic E-state index is 9.71. The average molecular weight is 1300 g/mol. The Morgan fingerprint density at radius 2 is 0.586 bits per heavy atom. The van der Waals surface area contributed by atoms with E-state index >= 15 is 0 Å². The first-order chi connectivity index (χ1) is 61.2. The number of ether oxygens (including phenoxy) is 5. The van der Waals surface area contributed by atoms with Crippen molar-refractivity contribution in [3.63, 3.8) is 0 Å². The summed E-state index contributed by atoms with van der Waals surface area (Å²) in [5.74, 6) is 1.07. The van der Waals surface area contributed by atoms with Gasteiger partial charge in [-0.05, 0) is 161 Å². The molecular formula is C87H59B3N4O5. The van der Waals surface area contributed by atoms with E-state index in [-0.39, 0.29) is 68.7 Å². The van der Waals surface area contributed by atoms with Gasteiger partial charge in [-0.25, -0.2) is 0 Å². The van der Waals surface area contributed by atoms with Gasteiger partial charge in [-0.3, -0.25) is 0 Å². The van der Waals surface area contributed by atoms with Crippen molar-refractivity contribution in [1.82, 2.24) is 0 Å². The lowest BCUT2D eigenvalue weighted by Crippen LogP contribution is -2.64. The fourth-order valence-electron chi connectivity index (χ4n) is 15.0. The second kappa shape index (κ2) is 22.3. The van der Waals surface area contributed by atoms with Crippen molar-refractivity contribution in [2.45, 2.75) is 20.8 Å². The number of hydrogen-bond acceptors (Lipinski definition) is 9. The van der Waals surface area contributed by atoms with Crippen LogP contribution in [0.15, 0.2) is 303 Å². The van der Waals surface area contributed by atoms with Crippen molar-refractivity contribution in [2.75, 3.05) is 19.6 Å². The Bertz CT molecular complexity index is 7170. The summed E-state index contributed by atoms with van der Waals surface area (Å²) in [6.07, 6.45) is 0. The molecule has 9 nitrogen and oxygen atoms in total. The minimum atomic E-state index is -1.06. The molecule has 0 radical (unpaired) electrons. The standard InChI is InChI=1S/C87H59B3N4O5/c1-54-42-55(2)87(56(3)43-54)94-72-52-76-69(88-66-38-22-24-40-74(66)95-80-46-64(48-82(97-76)85(80)88)92(59-30-14-6-15-31-59)60-32-16-7-17-33-60)50-68(72)90-71-51-70-77(53-78(71)98-79-45-63(44-73(94)84(79)90)91(57-26-10-4-11-27-57)58-28-12-5-13-29-58)99-83-49-65(47-81-86(83)89(70)67-39-23-25-41-75(67)96-81)93(61-34-18-8-19-35-61)62-36-20-9-21-37-62/h4-53H,1-3H3/i4D,5D,6D,7D,8D,9D,10D,11D,12D,13D,14D,15D,16D,17D,18D,19D,20D,21D,26D,27D,28D,29D,30D,31D,32D,33D,34D,35D,36D,37D. The van der Waals surface area contributed by atoms with Gasteiger partial charge in [0, 0.05) is 98.9 Å². The first-order valence-corrected chi connectivity index (χ1v) is 31.4. The number of rotatable bonds is 10. The molecule has 0 atom stereocenters. The SMILES string of the molecule is [2H]c1c([2H])c([2H])c(N(c2cc3c4c(c2)Oc2cc5c(cc2B4c2ccccc2O3)B2c3cc4c(cc3N(c3c(C)cc(C)cc3C)c3cc(N(c6c([2H])c([2H])c([2H])c([2H])c6[2H])c6c([2H])c([2H])c([2H])c([2H])c6[2H])cc(c32)O5)Oc2cc(N(c3c([2H])c([2H])c([2H])c([2H])c3[2H])c3c([2H])c([2H])c([2H])c([2H])c3[2H])cc3c2B4c2ccccc2O3)c2c([2H])c([2H])c([2H])c([2H])c2[2H])c([2H])c1[2H]. The number of aryl methyl sites for hydroxylation is 3. The third-order valence-corrected chi connectivity index (χ3v) is 18.6. The Labute approximate surface area is 617 Å². The number of para-hydroxylation sites is 8. The molecule has 0 amide bonds. The molecular weight excluding hydrogens is 1210 g/mol. The smallest absolute Gasteiger partial charge is 0.260 e. The lowest BCUT2D eigenvalue weighted by Gasteiger charge is -2.43. The zero-order chi connectivity index (χ0) is 91.7. The highest BCUT2D eigenvalue weighted by Gasteiger charge is 2.49. The second-order valence-corrected chi connectivity index (χ2v) is 24.3. The quantitative estimate of drug-likeness (QED) is 0.125. The van der Waals surface area contributed by atoms with Gasteiger partial charge in [-0.15, -0.1) is 0 Å². The van der Waals surface area contributed by atoms with Crippen LogP contribution in [0.3, 0.4) is 0 Å². The molecule has 14 aromatic rings. The zero-order valence-corrected chi connectivity index (χ0v) is 52.1. The fraction of sp³-hybridized carbons (Fsp3) is 0.0345. The molecule has 6 heterocycles. The molecule has 0 saturated carbocycles. The molecule has 0 bridgehead atoms. The van der Waals surface area contributed by atoms with E-state index < -0.39 is 236 Å². The van der Waals surface area contributed by atoms with E-state index in [0.29, 0.717) is 83.2 Å². The van der Waals surface area contributed by atoms with Gasteiger partial charge in [0.1, 0.15) is 57.5 Å². The van der Waals surface area contributed by atoms with Crippen molar-refractivity contribution < 1.29 is 64.8 Å². The maximum Gasteiger partial charge on any atom is 0.260 e. The van der Waals surface area contributed by atoms with Crippen molar-refractivity contribution in [3.8, 4) is 57.5 Å². The van der Waals surface area contributed by atoms with Gasteiger partial charge >= 0.3 is 0 Å². The summed E-state index contributed by atoms with van der Waals surface area (Å²) in [4.78, 5) is 4.90. The van der Waals surface area contributed by atoms with E-state index in [1.807, 2.05) is 68.1 Å². The van der Waals surface area contributed by atoms with E-state index in [1.54, 1.807) is 48.5 Å². The normalized spacial score (nSPS) is 17.4. The summed E-state index contributed by atoms with van der Waals surface area (Å²) in [5.41, 5.74) is 3.47. The maximum atomic E-state index is 9.71. The van der Waals surface area contributed by atoms with Crippen molar-refractivity contribution in [3.05, 3.63) is 319 Å². The highest BCUT2D eigenvalue weighted by atomic mass is 16.5. The summed E-state index contributed by atoms with van der Waals surface area (Å²) >= 11 is 0. The van der Waals surface area contributed by atoms with Crippen LogP contribution in [0.5, 0.6) is 57.5 Å². The van der Waals surface area contributed by atoms with Gasteiger partial charge in [0.25, 0.3) is 20.1 Å². The van der Waals surface area contributed by atoms with Crippen molar-refractivity contribution in [2.24, 2.45) is 0 Å². The van der Waals surface area contributed by atoms with Gasteiger partial charge in [-0.2, -0.15) is 0 Å². The number of anilines is 12. The minimum Gasteiger partial charge on any atom is -0.458 e. The monoisotopic (exact) mass is 1300 g/mol. The molecule has 99 heavy (non-hydrogen) atoms. The Morgan fingerprint density at radius 3 is 0.970 bits per heavy atom. The number of benzene rings is 14. The molecule has 6 aliphatic heterocycles. The average Bonchev–Trinajstić information content (AvgIpc) is 0.681.